The van der Waals surface area contributed by atoms with E-state index in [2.05, 4.69) is 9.97 Å². The van der Waals surface area contributed by atoms with Gasteiger partial charge in [-0.25, -0.2) is 19.3 Å². The molecule has 1 aliphatic heterocycles. The van der Waals surface area contributed by atoms with Crippen molar-refractivity contribution in [2.24, 2.45) is 0 Å². The number of anilines is 1. The van der Waals surface area contributed by atoms with Crippen LogP contribution in [0.3, 0.4) is 0 Å². The maximum Gasteiger partial charge on any atom is 0.265 e. The molecule has 0 bridgehead atoms. The Kier molecular flexibility index (Phi) is 6.00. The van der Waals surface area contributed by atoms with Crippen LogP contribution in [0.5, 0.6) is 0 Å². The standard InChI is InChI=1S/C23H26FN5OS/c1-14-21(31-15(2)26-14)22(30)29-11-5-6-17(13-29)20-19(12-25-23(27-20)28(3)4)16-7-9-18(24)10-8-16/h7-10,12,17H,5-6,11,13H2,1-4H3/t17-/m1/s1. The highest BCUT2D eigenvalue weighted by Crippen LogP contribution is 2.35. The zero-order chi connectivity index (χ0) is 22.1. The third-order valence-electron chi connectivity index (χ3n) is 5.55. The minimum atomic E-state index is -0.277. The molecule has 8 heteroatoms. The van der Waals surface area contributed by atoms with Crippen LogP contribution in [0.15, 0.2) is 30.5 Å². The first kappa shape index (κ1) is 21.4. The first-order valence-corrected chi connectivity index (χ1v) is 11.2. The van der Waals surface area contributed by atoms with Gasteiger partial charge in [0, 0.05) is 44.9 Å². The van der Waals surface area contributed by atoms with Crippen molar-refractivity contribution in [3.05, 3.63) is 57.6 Å². The number of hydrogen-bond donors (Lipinski definition) is 0. The zero-order valence-electron chi connectivity index (χ0n) is 18.2. The van der Waals surface area contributed by atoms with Crippen molar-refractivity contribution in [2.45, 2.75) is 32.6 Å². The van der Waals surface area contributed by atoms with Crippen molar-refractivity contribution in [3.63, 3.8) is 0 Å². The van der Waals surface area contributed by atoms with Gasteiger partial charge in [0.25, 0.3) is 5.91 Å². The second-order valence-corrected chi connectivity index (χ2v) is 9.31. The van der Waals surface area contributed by atoms with Gasteiger partial charge in [0.2, 0.25) is 5.95 Å². The maximum atomic E-state index is 13.5. The van der Waals surface area contributed by atoms with Crippen molar-refractivity contribution in [2.75, 3.05) is 32.1 Å². The smallest absolute Gasteiger partial charge is 0.265 e. The van der Waals surface area contributed by atoms with Gasteiger partial charge in [-0.3, -0.25) is 4.79 Å². The number of rotatable bonds is 4. The first-order chi connectivity index (χ1) is 14.8. The summed E-state index contributed by atoms with van der Waals surface area (Å²) in [5, 5.41) is 0.902. The Morgan fingerprint density at radius 2 is 1.94 bits per heavy atom. The third kappa shape index (κ3) is 4.44. The van der Waals surface area contributed by atoms with Crippen LogP contribution in [0.1, 0.15) is 44.8 Å². The van der Waals surface area contributed by atoms with Gasteiger partial charge in [-0.15, -0.1) is 11.3 Å². The fraction of sp³-hybridized carbons (Fsp3) is 0.391. The number of likely N-dealkylation sites (tertiary alicyclic amines) is 1. The summed E-state index contributed by atoms with van der Waals surface area (Å²) in [5.74, 6) is 0.464. The molecular formula is C23H26FN5OS. The Morgan fingerprint density at radius 1 is 1.19 bits per heavy atom. The van der Waals surface area contributed by atoms with E-state index in [0.717, 1.165) is 46.9 Å². The van der Waals surface area contributed by atoms with Gasteiger partial charge in [-0.1, -0.05) is 12.1 Å². The van der Waals surface area contributed by atoms with Crippen LogP contribution in [0, 0.1) is 19.7 Å². The number of thiazole rings is 1. The second-order valence-electron chi connectivity index (χ2n) is 8.11. The Labute approximate surface area is 185 Å². The van der Waals surface area contributed by atoms with E-state index in [9.17, 15) is 9.18 Å². The summed E-state index contributed by atoms with van der Waals surface area (Å²) < 4.78 is 13.5. The van der Waals surface area contributed by atoms with Gasteiger partial charge in [0.1, 0.15) is 10.7 Å². The molecule has 0 N–H and O–H groups in total. The highest BCUT2D eigenvalue weighted by Gasteiger charge is 2.30. The van der Waals surface area contributed by atoms with Crippen LogP contribution in [-0.4, -0.2) is 52.9 Å². The molecule has 0 radical (unpaired) electrons. The Balaban J connectivity index is 1.68. The van der Waals surface area contributed by atoms with Gasteiger partial charge < -0.3 is 9.80 Å². The maximum absolute atomic E-state index is 13.5. The average molecular weight is 440 g/mol. The molecule has 1 aromatic carbocycles. The summed E-state index contributed by atoms with van der Waals surface area (Å²) >= 11 is 1.45. The van der Waals surface area contributed by atoms with E-state index in [-0.39, 0.29) is 17.6 Å². The molecule has 0 saturated carbocycles. The molecule has 1 atom stereocenters. The topological polar surface area (TPSA) is 62.2 Å². The Bertz CT molecular complexity index is 1100. The average Bonchev–Trinajstić information content (AvgIpc) is 3.11. The van der Waals surface area contributed by atoms with E-state index < -0.39 is 0 Å². The molecule has 162 valence electrons. The monoisotopic (exact) mass is 439 g/mol. The van der Waals surface area contributed by atoms with Gasteiger partial charge >= 0.3 is 0 Å². The summed E-state index contributed by atoms with van der Waals surface area (Å²) in [5.41, 5.74) is 3.45. The minimum absolute atomic E-state index is 0.0398. The molecule has 1 aliphatic rings. The van der Waals surface area contributed by atoms with Crippen LogP contribution in [0.25, 0.3) is 11.1 Å². The minimum Gasteiger partial charge on any atom is -0.347 e. The Morgan fingerprint density at radius 3 is 2.58 bits per heavy atom. The van der Waals surface area contributed by atoms with Crippen molar-refractivity contribution >= 4 is 23.2 Å². The fourth-order valence-electron chi connectivity index (χ4n) is 4.02. The van der Waals surface area contributed by atoms with E-state index in [4.69, 9.17) is 4.98 Å². The quantitative estimate of drug-likeness (QED) is 0.601. The first-order valence-electron chi connectivity index (χ1n) is 10.4. The summed E-state index contributed by atoms with van der Waals surface area (Å²) in [6.45, 7) is 5.13. The molecule has 1 saturated heterocycles. The van der Waals surface area contributed by atoms with Crippen LogP contribution < -0.4 is 4.90 Å². The number of aryl methyl sites for hydroxylation is 2. The molecule has 1 amide bonds. The predicted octanol–water partition coefficient (Wildman–Crippen LogP) is 4.44. The molecule has 3 heterocycles. The molecule has 2 aromatic heterocycles. The predicted molar refractivity (Wildman–Crippen MR) is 121 cm³/mol. The number of amides is 1. The Hall–Kier alpha value is -2.87. The molecule has 0 spiro atoms. The van der Waals surface area contributed by atoms with Crippen molar-refractivity contribution in [3.8, 4) is 11.1 Å². The summed E-state index contributed by atoms with van der Waals surface area (Å²) in [4.78, 5) is 31.4. The van der Waals surface area contributed by atoms with E-state index in [1.807, 2.05) is 43.9 Å². The molecular weight excluding hydrogens is 413 g/mol. The van der Waals surface area contributed by atoms with Crippen molar-refractivity contribution in [1.29, 1.82) is 0 Å². The second kappa shape index (κ2) is 8.70. The van der Waals surface area contributed by atoms with Crippen LogP contribution in [0.4, 0.5) is 10.3 Å². The summed E-state index contributed by atoms with van der Waals surface area (Å²) in [6.07, 6.45) is 3.64. The molecule has 31 heavy (non-hydrogen) atoms. The van der Waals surface area contributed by atoms with Crippen molar-refractivity contribution in [1.82, 2.24) is 19.9 Å². The fourth-order valence-corrected chi connectivity index (χ4v) is 4.91. The number of carbonyl (C=O) groups excluding carboxylic acids is 1. The lowest BCUT2D eigenvalue weighted by Gasteiger charge is -2.33. The number of piperidine rings is 1. The van der Waals surface area contributed by atoms with Gasteiger partial charge in [0.05, 0.1) is 16.4 Å². The lowest BCUT2D eigenvalue weighted by molar-refractivity contribution is 0.0710. The summed E-state index contributed by atoms with van der Waals surface area (Å²) in [6, 6.07) is 6.40. The molecule has 1 fully saturated rings. The molecule has 4 rings (SSSR count). The van der Waals surface area contributed by atoms with E-state index in [1.54, 1.807) is 12.1 Å². The zero-order valence-corrected chi connectivity index (χ0v) is 19.0. The van der Waals surface area contributed by atoms with E-state index >= 15 is 0 Å². The number of benzene rings is 1. The number of hydrogen-bond acceptors (Lipinski definition) is 6. The number of halogens is 1. The highest BCUT2D eigenvalue weighted by molar-refractivity contribution is 7.13. The normalized spacial score (nSPS) is 16.4. The van der Waals surface area contributed by atoms with Crippen molar-refractivity contribution < 1.29 is 9.18 Å². The SMILES string of the molecule is Cc1nc(C)c(C(=O)N2CCC[C@@H](c3nc(N(C)C)ncc3-c3ccc(F)cc3)C2)s1. The molecule has 0 aliphatic carbocycles. The third-order valence-corrected chi connectivity index (χ3v) is 6.61. The van der Waals surface area contributed by atoms with Gasteiger partial charge in [-0.05, 0) is 44.4 Å². The largest absolute Gasteiger partial charge is 0.347 e. The number of carbonyl (C=O) groups is 1. The molecule has 3 aromatic rings. The number of aromatic nitrogens is 3. The lowest BCUT2D eigenvalue weighted by atomic mass is 9.90. The molecule has 6 nitrogen and oxygen atoms in total. The van der Waals surface area contributed by atoms with Gasteiger partial charge in [-0.2, -0.15) is 0 Å². The number of nitrogens with zero attached hydrogens (tertiary/aromatic N) is 5. The lowest BCUT2D eigenvalue weighted by Crippen LogP contribution is -2.39. The molecule has 0 unspecified atom stereocenters. The van der Waals surface area contributed by atoms with E-state index in [1.165, 1.54) is 23.5 Å². The van der Waals surface area contributed by atoms with Gasteiger partial charge in [0.15, 0.2) is 0 Å². The summed E-state index contributed by atoms with van der Waals surface area (Å²) in [7, 11) is 3.81. The van der Waals surface area contributed by atoms with E-state index in [0.29, 0.717) is 17.4 Å². The van der Waals surface area contributed by atoms with Crippen LogP contribution >= 0.6 is 11.3 Å². The highest BCUT2D eigenvalue weighted by atomic mass is 32.1. The van der Waals surface area contributed by atoms with Crippen LogP contribution in [-0.2, 0) is 0 Å². The van der Waals surface area contributed by atoms with Crippen LogP contribution in [0.2, 0.25) is 0 Å².